The molecule has 1 heterocycles. The zero-order valence-electron chi connectivity index (χ0n) is 16.4. The normalized spacial score (nSPS) is 10.8. The van der Waals surface area contributed by atoms with Gasteiger partial charge < -0.3 is 4.74 Å². The number of carbonyl (C=O) groups is 1. The molecule has 0 spiro atoms. The van der Waals surface area contributed by atoms with E-state index in [-0.39, 0.29) is 5.91 Å². The number of H-pyrrole nitrogens is 1. The highest BCUT2D eigenvalue weighted by Crippen LogP contribution is 2.21. The second kappa shape index (κ2) is 8.87. The lowest BCUT2D eigenvalue weighted by Crippen LogP contribution is -2.18. The SMILES string of the molecule is Cc1ccc(-c2cc(C(=O)N/N=C/c3cccc(Oc4ccccc4)c3)[nH]n2)cc1. The number of aromatic nitrogens is 2. The summed E-state index contributed by atoms with van der Waals surface area (Å²) in [6.07, 6.45) is 1.56. The molecule has 4 rings (SSSR count). The van der Waals surface area contributed by atoms with E-state index in [0.717, 1.165) is 16.9 Å². The van der Waals surface area contributed by atoms with Crippen molar-refractivity contribution >= 4 is 12.1 Å². The minimum atomic E-state index is -0.367. The van der Waals surface area contributed by atoms with Crippen LogP contribution in [0.15, 0.2) is 90.0 Å². The van der Waals surface area contributed by atoms with Crippen LogP contribution in [0.25, 0.3) is 11.3 Å². The topological polar surface area (TPSA) is 79.4 Å². The average molecular weight is 396 g/mol. The lowest BCUT2D eigenvalue weighted by molar-refractivity contribution is 0.0950. The van der Waals surface area contributed by atoms with Crippen molar-refractivity contribution in [1.29, 1.82) is 0 Å². The third kappa shape index (κ3) is 4.80. The first-order valence-electron chi connectivity index (χ1n) is 9.46. The summed E-state index contributed by atoms with van der Waals surface area (Å²) in [7, 11) is 0. The number of hydrazone groups is 1. The van der Waals surface area contributed by atoms with E-state index in [9.17, 15) is 4.79 Å². The van der Waals surface area contributed by atoms with Crippen LogP contribution in [0.5, 0.6) is 11.5 Å². The van der Waals surface area contributed by atoms with Crippen molar-refractivity contribution in [2.75, 3.05) is 0 Å². The predicted octanol–water partition coefficient (Wildman–Crippen LogP) is 4.94. The monoisotopic (exact) mass is 396 g/mol. The molecule has 2 N–H and O–H groups in total. The Kier molecular flexibility index (Phi) is 5.66. The number of nitrogens with one attached hydrogen (secondary N) is 2. The lowest BCUT2D eigenvalue weighted by atomic mass is 10.1. The third-order valence-corrected chi connectivity index (χ3v) is 4.39. The Balaban J connectivity index is 1.38. The van der Waals surface area contributed by atoms with Gasteiger partial charge in [0, 0.05) is 5.56 Å². The van der Waals surface area contributed by atoms with Crippen molar-refractivity contribution in [1.82, 2.24) is 15.6 Å². The first-order chi connectivity index (χ1) is 14.7. The summed E-state index contributed by atoms with van der Waals surface area (Å²) in [5.41, 5.74) is 6.46. The van der Waals surface area contributed by atoms with Crippen molar-refractivity contribution in [3.63, 3.8) is 0 Å². The van der Waals surface area contributed by atoms with Gasteiger partial charge in [0.2, 0.25) is 0 Å². The second-order valence-corrected chi connectivity index (χ2v) is 6.72. The van der Waals surface area contributed by atoms with E-state index in [1.807, 2.05) is 85.8 Å². The standard InChI is InChI=1S/C24H20N4O2/c1-17-10-12-19(13-11-17)22-15-23(27-26-22)24(29)28-25-16-18-6-5-9-21(14-18)30-20-7-3-2-4-8-20/h2-16H,1H3,(H,26,27)(H,28,29)/b25-16+. The summed E-state index contributed by atoms with van der Waals surface area (Å²) in [5, 5.41) is 11.0. The fourth-order valence-electron chi connectivity index (χ4n) is 2.82. The molecule has 0 atom stereocenters. The highest BCUT2D eigenvalue weighted by molar-refractivity contribution is 5.94. The van der Waals surface area contributed by atoms with Gasteiger partial charge in [-0.1, -0.05) is 60.2 Å². The maximum atomic E-state index is 12.3. The van der Waals surface area contributed by atoms with Crippen LogP contribution in [0.2, 0.25) is 0 Å². The molecule has 148 valence electrons. The predicted molar refractivity (Wildman–Crippen MR) is 117 cm³/mol. The maximum Gasteiger partial charge on any atom is 0.289 e. The minimum absolute atomic E-state index is 0.337. The summed E-state index contributed by atoms with van der Waals surface area (Å²) in [6, 6.07) is 26.6. The quantitative estimate of drug-likeness (QED) is 0.358. The highest BCUT2D eigenvalue weighted by Gasteiger charge is 2.10. The van der Waals surface area contributed by atoms with Crippen molar-refractivity contribution in [3.05, 3.63) is 102 Å². The van der Waals surface area contributed by atoms with Crippen LogP contribution in [0.1, 0.15) is 21.6 Å². The number of para-hydroxylation sites is 1. The molecule has 4 aromatic rings. The number of hydrogen-bond acceptors (Lipinski definition) is 4. The van der Waals surface area contributed by atoms with Gasteiger partial charge in [0.1, 0.15) is 17.2 Å². The largest absolute Gasteiger partial charge is 0.457 e. The van der Waals surface area contributed by atoms with E-state index in [4.69, 9.17) is 4.74 Å². The molecular formula is C24H20N4O2. The van der Waals surface area contributed by atoms with Crippen LogP contribution in [-0.2, 0) is 0 Å². The zero-order valence-corrected chi connectivity index (χ0v) is 16.4. The lowest BCUT2D eigenvalue weighted by Gasteiger charge is -2.05. The molecule has 0 saturated carbocycles. The van der Waals surface area contributed by atoms with Crippen molar-refractivity contribution < 1.29 is 9.53 Å². The molecule has 0 aliphatic carbocycles. The molecule has 0 aliphatic rings. The zero-order chi connectivity index (χ0) is 20.8. The summed E-state index contributed by atoms with van der Waals surface area (Å²) in [6.45, 7) is 2.02. The number of carbonyl (C=O) groups excluding carboxylic acids is 1. The van der Waals surface area contributed by atoms with Gasteiger partial charge in [-0.25, -0.2) is 5.43 Å². The van der Waals surface area contributed by atoms with Crippen LogP contribution in [0, 0.1) is 6.92 Å². The van der Waals surface area contributed by atoms with Crippen LogP contribution >= 0.6 is 0 Å². The van der Waals surface area contributed by atoms with Gasteiger partial charge in [-0.3, -0.25) is 9.89 Å². The molecule has 6 heteroatoms. The molecule has 0 unspecified atom stereocenters. The van der Waals surface area contributed by atoms with Gasteiger partial charge in [0.15, 0.2) is 0 Å². The van der Waals surface area contributed by atoms with Crippen LogP contribution in [0.4, 0.5) is 0 Å². The molecule has 30 heavy (non-hydrogen) atoms. The Morgan fingerprint density at radius 1 is 0.967 bits per heavy atom. The van der Waals surface area contributed by atoms with Crippen molar-refractivity contribution in [2.45, 2.75) is 6.92 Å². The molecule has 0 fully saturated rings. The van der Waals surface area contributed by atoms with E-state index >= 15 is 0 Å². The Labute approximate surface area is 174 Å². The summed E-state index contributed by atoms with van der Waals surface area (Å²) < 4.78 is 5.81. The smallest absolute Gasteiger partial charge is 0.289 e. The van der Waals surface area contributed by atoms with E-state index < -0.39 is 0 Å². The van der Waals surface area contributed by atoms with Crippen LogP contribution in [-0.4, -0.2) is 22.3 Å². The van der Waals surface area contributed by atoms with Gasteiger partial charge in [-0.15, -0.1) is 0 Å². The molecule has 1 aromatic heterocycles. The van der Waals surface area contributed by atoms with E-state index in [2.05, 4.69) is 20.7 Å². The molecule has 0 bridgehead atoms. The average Bonchev–Trinajstić information content (AvgIpc) is 3.26. The molecule has 6 nitrogen and oxygen atoms in total. The van der Waals surface area contributed by atoms with Crippen LogP contribution in [0.3, 0.4) is 0 Å². The number of nitrogens with zero attached hydrogens (tertiary/aromatic N) is 2. The van der Waals surface area contributed by atoms with Gasteiger partial charge in [0.05, 0.1) is 11.9 Å². The Morgan fingerprint density at radius 3 is 2.53 bits per heavy atom. The highest BCUT2D eigenvalue weighted by atomic mass is 16.5. The van der Waals surface area contributed by atoms with Gasteiger partial charge in [-0.2, -0.15) is 10.2 Å². The molecule has 0 aliphatic heterocycles. The first kappa shape index (κ1) is 19.1. The molecule has 1 amide bonds. The van der Waals surface area contributed by atoms with Gasteiger partial charge >= 0.3 is 0 Å². The molecule has 3 aromatic carbocycles. The first-order valence-corrected chi connectivity index (χ1v) is 9.46. The number of ether oxygens (including phenoxy) is 1. The minimum Gasteiger partial charge on any atom is -0.457 e. The number of amides is 1. The number of rotatable bonds is 6. The fourth-order valence-corrected chi connectivity index (χ4v) is 2.82. The summed E-state index contributed by atoms with van der Waals surface area (Å²) in [4.78, 5) is 12.3. The Morgan fingerprint density at radius 2 is 1.73 bits per heavy atom. The molecule has 0 saturated heterocycles. The van der Waals surface area contributed by atoms with Gasteiger partial charge in [0.25, 0.3) is 5.91 Å². The van der Waals surface area contributed by atoms with E-state index in [1.165, 1.54) is 5.56 Å². The Hall–Kier alpha value is -4.19. The maximum absolute atomic E-state index is 12.3. The van der Waals surface area contributed by atoms with Crippen LogP contribution < -0.4 is 10.2 Å². The van der Waals surface area contributed by atoms with Crippen molar-refractivity contribution in [2.24, 2.45) is 5.10 Å². The van der Waals surface area contributed by atoms with Gasteiger partial charge in [-0.05, 0) is 42.8 Å². The fraction of sp³-hybridized carbons (Fsp3) is 0.0417. The summed E-state index contributed by atoms with van der Waals surface area (Å²) in [5.74, 6) is 1.07. The molecular weight excluding hydrogens is 376 g/mol. The van der Waals surface area contributed by atoms with Crippen molar-refractivity contribution in [3.8, 4) is 22.8 Å². The molecule has 0 radical (unpaired) electrons. The number of aryl methyl sites for hydroxylation is 1. The van der Waals surface area contributed by atoms with E-state index in [1.54, 1.807) is 12.3 Å². The van der Waals surface area contributed by atoms with E-state index in [0.29, 0.717) is 17.1 Å². The third-order valence-electron chi connectivity index (χ3n) is 4.39. The number of benzene rings is 3. The number of hydrogen-bond donors (Lipinski definition) is 2. The second-order valence-electron chi connectivity index (χ2n) is 6.72. The number of aromatic amines is 1. The summed E-state index contributed by atoms with van der Waals surface area (Å²) >= 11 is 0. The Bertz CT molecular complexity index is 1170.